The Kier molecular flexibility index (Phi) is 6.06. The van der Waals surface area contributed by atoms with Crippen LogP contribution >= 0.6 is 11.6 Å². The van der Waals surface area contributed by atoms with Crippen LogP contribution in [0.1, 0.15) is 26.3 Å². The van der Waals surface area contributed by atoms with Crippen molar-refractivity contribution in [3.63, 3.8) is 0 Å². The van der Waals surface area contributed by atoms with Crippen LogP contribution in [0.2, 0.25) is 5.02 Å². The van der Waals surface area contributed by atoms with Gasteiger partial charge in [-0.2, -0.15) is 0 Å². The summed E-state index contributed by atoms with van der Waals surface area (Å²) in [7, 11) is 0. The van der Waals surface area contributed by atoms with E-state index in [0.29, 0.717) is 48.3 Å². The Morgan fingerprint density at radius 1 is 1.06 bits per heavy atom. The summed E-state index contributed by atoms with van der Waals surface area (Å²) in [5.74, 6) is 1.71. The van der Waals surface area contributed by atoms with E-state index < -0.39 is 5.60 Å². The highest BCUT2D eigenvalue weighted by atomic mass is 35.5. The van der Waals surface area contributed by atoms with E-state index in [1.54, 1.807) is 17.2 Å². The number of fused-ring (bicyclic) bond motifs is 1. The van der Waals surface area contributed by atoms with Gasteiger partial charge >= 0.3 is 6.09 Å². The quantitative estimate of drug-likeness (QED) is 0.559. The molecule has 168 valence electrons. The number of aromatic nitrogens is 3. The first-order valence-electron chi connectivity index (χ1n) is 10.5. The van der Waals surface area contributed by atoms with Crippen molar-refractivity contribution in [2.75, 3.05) is 31.1 Å². The van der Waals surface area contributed by atoms with Crippen LogP contribution in [-0.4, -0.2) is 57.7 Å². The molecule has 0 saturated carbocycles. The number of rotatable bonds is 3. The normalized spacial score (nSPS) is 14.5. The summed E-state index contributed by atoms with van der Waals surface area (Å²) in [5, 5.41) is 1.34. The van der Waals surface area contributed by atoms with Gasteiger partial charge in [0.1, 0.15) is 23.3 Å². The van der Waals surface area contributed by atoms with Crippen LogP contribution in [0.25, 0.3) is 10.9 Å². The predicted octanol–water partition coefficient (Wildman–Crippen LogP) is 4.84. The van der Waals surface area contributed by atoms with Gasteiger partial charge in [-0.25, -0.2) is 19.7 Å². The number of anilines is 1. The molecule has 32 heavy (non-hydrogen) atoms. The largest absolute Gasteiger partial charge is 0.444 e. The molecule has 3 heterocycles. The predicted molar refractivity (Wildman–Crippen MR) is 124 cm³/mol. The summed E-state index contributed by atoms with van der Waals surface area (Å²) in [6.07, 6.45) is 2.89. The summed E-state index contributed by atoms with van der Waals surface area (Å²) >= 11 is 6.33. The number of pyridine rings is 1. The molecule has 0 N–H and O–H groups in total. The summed E-state index contributed by atoms with van der Waals surface area (Å²) < 4.78 is 11.6. The van der Waals surface area contributed by atoms with Crippen LogP contribution in [-0.2, 0) is 4.74 Å². The van der Waals surface area contributed by atoms with Crippen LogP contribution in [0.5, 0.6) is 11.6 Å². The molecule has 1 aromatic carbocycles. The van der Waals surface area contributed by atoms with Crippen molar-refractivity contribution in [2.45, 2.75) is 33.3 Å². The molecule has 0 radical (unpaired) electrons. The lowest BCUT2D eigenvalue weighted by atomic mass is 10.2. The minimum atomic E-state index is -0.513. The third-order valence-corrected chi connectivity index (χ3v) is 5.39. The van der Waals surface area contributed by atoms with E-state index in [2.05, 4.69) is 19.9 Å². The zero-order chi connectivity index (χ0) is 22.9. The van der Waals surface area contributed by atoms with Gasteiger partial charge in [-0.3, -0.25) is 0 Å². The van der Waals surface area contributed by atoms with E-state index >= 15 is 0 Å². The molecule has 2 aromatic heterocycles. The van der Waals surface area contributed by atoms with Gasteiger partial charge in [0, 0.05) is 37.8 Å². The van der Waals surface area contributed by atoms with Crippen LogP contribution in [0.3, 0.4) is 0 Å². The average Bonchev–Trinajstić information content (AvgIpc) is 2.75. The molecule has 1 saturated heterocycles. The smallest absolute Gasteiger partial charge is 0.410 e. The fourth-order valence-corrected chi connectivity index (χ4v) is 3.81. The second-order valence-corrected chi connectivity index (χ2v) is 9.06. The van der Waals surface area contributed by atoms with Gasteiger partial charge in [-0.1, -0.05) is 23.7 Å². The number of ether oxygens (including phenoxy) is 2. The van der Waals surface area contributed by atoms with E-state index in [-0.39, 0.29) is 6.09 Å². The molecule has 1 fully saturated rings. The average molecular weight is 456 g/mol. The first kappa shape index (κ1) is 22.1. The number of nitrogens with zero attached hydrogens (tertiary/aromatic N) is 5. The molecule has 4 rings (SSSR count). The lowest BCUT2D eigenvalue weighted by molar-refractivity contribution is 0.0240. The van der Waals surface area contributed by atoms with Crippen LogP contribution < -0.4 is 9.64 Å². The SMILES string of the molecule is Cc1cccc(Cl)c1Oc1nccc2c(N3CCN(C(=O)OC(C)(C)C)CC3)ncnc12. The van der Waals surface area contributed by atoms with E-state index in [9.17, 15) is 4.79 Å². The van der Waals surface area contributed by atoms with E-state index in [4.69, 9.17) is 21.1 Å². The minimum Gasteiger partial charge on any atom is -0.444 e. The van der Waals surface area contributed by atoms with Crippen LogP contribution in [0.4, 0.5) is 10.6 Å². The molecule has 8 nitrogen and oxygen atoms in total. The topological polar surface area (TPSA) is 80.7 Å². The van der Waals surface area contributed by atoms with Crippen molar-refractivity contribution in [3.8, 4) is 11.6 Å². The number of para-hydroxylation sites is 1. The van der Waals surface area contributed by atoms with Gasteiger partial charge in [0.05, 0.1) is 5.02 Å². The number of hydrogen-bond donors (Lipinski definition) is 0. The monoisotopic (exact) mass is 455 g/mol. The van der Waals surface area contributed by atoms with Crippen LogP contribution in [0, 0.1) is 6.92 Å². The maximum absolute atomic E-state index is 12.4. The molecule has 0 aliphatic carbocycles. The molecular weight excluding hydrogens is 430 g/mol. The first-order chi connectivity index (χ1) is 15.2. The second-order valence-electron chi connectivity index (χ2n) is 8.65. The van der Waals surface area contributed by atoms with E-state index in [0.717, 1.165) is 16.8 Å². The minimum absolute atomic E-state index is 0.292. The molecule has 1 aliphatic rings. The summed E-state index contributed by atoms with van der Waals surface area (Å²) in [6, 6.07) is 7.45. The highest BCUT2D eigenvalue weighted by Crippen LogP contribution is 2.35. The van der Waals surface area contributed by atoms with E-state index in [1.165, 1.54) is 6.33 Å². The number of amides is 1. The zero-order valence-electron chi connectivity index (χ0n) is 18.6. The summed E-state index contributed by atoms with van der Waals surface area (Å²) in [4.78, 5) is 29.5. The Labute approximate surface area is 192 Å². The Balaban J connectivity index is 1.57. The third kappa shape index (κ3) is 4.70. The number of carbonyl (C=O) groups excluding carboxylic acids is 1. The highest BCUT2D eigenvalue weighted by Gasteiger charge is 2.27. The second kappa shape index (κ2) is 8.78. The van der Waals surface area contributed by atoms with Gasteiger partial charge in [0.25, 0.3) is 0 Å². The molecule has 1 aliphatic heterocycles. The van der Waals surface area contributed by atoms with Crippen molar-refractivity contribution in [2.24, 2.45) is 0 Å². The molecule has 9 heteroatoms. The maximum atomic E-state index is 12.4. The van der Waals surface area contributed by atoms with Gasteiger partial charge in [0.15, 0.2) is 5.75 Å². The Bertz CT molecular complexity index is 1120. The van der Waals surface area contributed by atoms with Crippen molar-refractivity contribution in [3.05, 3.63) is 47.4 Å². The Morgan fingerprint density at radius 3 is 2.50 bits per heavy atom. The number of halogens is 1. The van der Waals surface area contributed by atoms with Gasteiger partial charge < -0.3 is 19.3 Å². The van der Waals surface area contributed by atoms with Crippen molar-refractivity contribution >= 4 is 34.4 Å². The summed E-state index contributed by atoms with van der Waals surface area (Å²) in [5.41, 5.74) is 0.996. The van der Waals surface area contributed by atoms with Gasteiger partial charge in [-0.15, -0.1) is 0 Å². The molecule has 0 unspecified atom stereocenters. The molecule has 0 bridgehead atoms. The molecular formula is C23H26ClN5O3. The molecule has 3 aromatic rings. The molecule has 0 atom stereocenters. The van der Waals surface area contributed by atoms with Crippen molar-refractivity contribution in [1.82, 2.24) is 19.9 Å². The summed E-state index contributed by atoms with van der Waals surface area (Å²) in [6.45, 7) is 9.89. The number of aryl methyl sites for hydroxylation is 1. The zero-order valence-corrected chi connectivity index (χ0v) is 19.4. The van der Waals surface area contributed by atoms with Gasteiger partial charge in [0.2, 0.25) is 5.88 Å². The first-order valence-corrected chi connectivity index (χ1v) is 10.9. The standard InChI is InChI=1S/C23H26ClN5O3/c1-15-6-5-7-17(24)19(15)31-21-18-16(8-9-25-21)20(27-14-26-18)28-10-12-29(13-11-28)22(30)32-23(2,3)4/h5-9,14H,10-13H2,1-4H3. The third-order valence-electron chi connectivity index (χ3n) is 5.09. The lowest BCUT2D eigenvalue weighted by Gasteiger charge is -2.36. The van der Waals surface area contributed by atoms with Gasteiger partial charge in [-0.05, 0) is 45.4 Å². The number of piperazine rings is 1. The van der Waals surface area contributed by atoms with Crippen molar-refractivity contribution in [1.29, 1.82) is 0 Å². The number of carbonyl (C=O) groups is 1. The number of hydrogen-bond acceptors (Lipinski definition) is 7. The number of benzene rings is 1. The molecule has 1 amide bonds. The fourth-order valence-electron chi connectivity index (χ4n) is 3.55. The molecule has 0 spiro atoms. The maximum Gasteiger partial charge on any atom is 0.410 e. The fraction of sp³-hybridized carbons (Fsp3) is 0.391. The Hall–Kier alpha value is -3.13. The van der Waals surface area contributed by atoms with E-state index in [1.807, 2.05) is 45.9 Å². The highest BCUT2D eigenvalue weighted by molar-refractivity contribution is 6.32. The van der Waals surface area contributed by atoms with Crippen molar-refractivity contribution < 1.29 is 14.3 Å². The lowest BCUT2D eigenvalue weighted by Crippen LogP contribution is -2.50. The Morgan fingerprint density at radius 2 is 1.81 bits per heavy atom. The van der Waals surface area contributed by atoms with Crippen LogP contribution in [0.15, 0.2) is 36.8 Å².